The van der Waals surface area contributed by atoms with Crippen LogP contribution in [0.3, 0.4) is 0 Å². The third-order valence-electron chi connectivity index (χ3n) is 5.33. The number of benzene rings is 3. The lowest BCUT2D eigenvalue weighted by Gasteiger charge is -2.37. The van der Waals surface area contributed by atoms with Crippen molar-refractivity contribution in [2.75, 3.05) is 6.54 Å². The van der Waals surface area contributed by atoms with E-state index in [0.717, 1.165) is 35.7 Å². The molecule has 1 atom stereocenters. The quantitative estimate of drug-likeness (QED) is 0.532. The van der Waals surface area contributed by atoms with Crippen molar-refractivity contribution in [1.29, 1.82) is 0 Å². The monoisotopic (exact) mass is 375 g/mol. The molecule has 1 heterocycles. The smallest absolute Gasteiger partial charge is 0.164 e. The highest BCUT2D eigenvalue weighted by atomic mass is 35.5. The van der Waals surface area contributed by atoms with E-state index in [4.69, 9.17) is 11.6 Å². The number of hydrogen-bond donors (Lipinski definition) is 0. The summed E-state index contributed by atoms with van der Waals surface area (Å²) in [5, 5.41) is 0.782. The molecule has 3 heteroatoms. The first-order valence-electron chi connectivity index (χ1n) is 9.36. The van der Waals surface area contributed by atoms with Crippen molar-refractivity contribution in [3.05, 3.63) is 106 Å². The molecule has 27 heavy (non-hydrogen) atoms. The van der Waals surface area contributed by atoms with Crippen molar-refractivity contribution >= 4 is 17.4 Å². The van der Waals surface area contributed by atoms with Crippen LogP contribution in [0.25, 0.3) is 0 Å². The third kappa shape index (κ3) is 3.97. The Labute approximate surface area is 165 Å². The third-order valence-corrected chi connectivity index (χ3v) is 5.70. The molecular weight excluding hydrogens is 354 g/mol. The van der Waals surface area contributed by atoms with E-state index in [9.17, 15) is 4.79 Å². The average molecular weight is 376 g/mol. The van der Waals surface area contributed by atoms with Crippen LogP contribution in [0.5, 0.6) is 0 Å². The summed E-state index contributed by atoms with van der Waals surface area (Å²) in [7, 11) is 0. The standard InChI is InChI=1S/C24H22ClNO/c25-22-13-7-5-11-20(22)17-26-15-14-18-8-4-6-12-21(18)23(26)16-24(27)19-9-2-1-3-10-19/h1-13,23H,14-17H2. The van der Waals surface area contributed by atoms with Gasteiger partial charge in [-0.2, -0.15) is 0 Å². The molecule has 0 N–H and O–H groups in total. The van der Waals surface area contributed by atoms with Gasteiger partial charge in [0.25, 0.3) is 0 Å². The van der Waals surface area contributed by atoms with Gasteiger partial charge in [0.1, 0.15) is 0 Å². The molecule has 0 saturated carbocycles. The molecule has 0 bridgehead atoms. The first kappa shape index (κ1) is 18.0. The molecule has 0 aliphatic carbocycles. The van der Waals surface area contributed by atoms with Crippen LogP contribution in [-0.4, -0.2) is 17.2 Å². The summed E-state index contributed by atoms with van der Waals surface area (Å²) in [4.78, 5) is 15.3. The van der Waals surface area contributed by atoms with E-state index in [-0.39, 0.29) is 11.8 Å². The predicted molar refractivity (Wildman–Crippen MR) is 110 cm³/mol. The molecule has 0 saturated heterocycles. The molecule has 2 nitrogen and oxygen atoms in total. The van der Waals surface area contributed by atoms with Gasteiger partial charge in [-0.1, -0.05) is 84.4 Å². The molecule has 0 amide bonds. The number of carbonyl (C=O) groups excluding carboxylic acids is 1. The van der Waals surface area contributed by atoms with Gasteiger partial charge in [0.15, 0.2) is 5.78 Å². The van der Waals surface area contributed by atoms with Crippen molar-refractivity contribution in [2.45, 2.75) is 25.4 Å². The van der Waals surface area contributed by atoms with Crippen molar-refractivity contribution in [2.24, 2.45) is 0 Å². The van der Waals surface area contributed by atoms with E-state index in [1.165, 1.54) is 11.1 Å². The van der Waals surface area contributed by atoms with Gasteiger partial charge in [0.05, 0.1) is 0 Å². The maximum atomic E-state index is 12.9. The Hall–Kier alpha value is -2.42. The summed E-state index contributed by atoms with van der Waals surface area (Å²) in [6.45, 7) is 1.68. The Morgan fingerprint density at radius 1 is 0.926 bits per heavy atom. The van der Waals surface area contributed by atoms with Crippen LogP contribution < -0.4 is 0 Å². The van der Waals surface area contributed by atoms with Crippen LogP contribution in [0.1, 0.15) is 39.5 Å². The number of fused-ring (bicyclic) bond motifs is 1. The van der Waals surface area contributed by atoms with Gasteiger partial charge in [-0.25, -0.2) is 0 Å². The lowest BCUT2D eigenvalue weighted by molar-refractivity contribution is 0.0898. The van der Waals surface area contributed by atoms with E-state index in [1.807, 2.05) is 48.5 Å². The maximum absolute atomic E-state index is 12.9. The second-order valence-electron chi connectivity index (χ2n) is 7.02. The fraction of sp³-hybridized carbons (Fsp3) is 0.208. The van der Waals surface area contributed by atoms with Crippen LogP contribution in [0.2, 0.25) is 5.02 Å². The molecule has 4 rings (SSSR count). The van der Waals surface area contributed by atoms with Crippen LogP contribution >= 0.6 is 11.6 Å². The molecule has 0 aromatic heterocycles. The van der Waals surface area contributed by atoms with Gasteiger partial charge in [0, 0.05) is 36.1 Å². The first-order valence-corrected chi connectivity index (χ1v) is 9.73. The van der Waals surface area contributed by atoms with Crippen molar-refractivity contribution in [1.82, 2.24) is 4.90 Å². The first-order chi connectivity index (χ1) is 13.2. The number of ketones is 1. The number of rotatable bonds is 5. The predicted octanol–water partition coefficient (Wildman–Crippen LogP) is 5.71. The summed E-state index contributed by atoms with van der Waals surface area (Å²) in [5.41, 5.74) is 4.49. The molecular formula is C24H22ClNO. The largest absolute Gasteiger partial charge is 0.294 e. The van der Waals surface area contributed by atoms with Crippen molar-refractivity contribution in [3.8, 4) is 0 Å². The highest BCUT2D eigenvalue weighted by Gasteiger charge is 2.29. The van der Waals surface area contributed by atoms with Gasteiger partial charge >= 0.3 is 0 Å². The van der Waals surface area contributed by atoms with E-state index in [2.05, 4.69) is 35.2 Å². The highest BCUT2D eigenvalue weighted by molar-refractivity contribution is 6.31. The summed E-state index contributed by atoms with van der Waals surface area (Å²) in [6.07, 6.45) is 1.47. The van der Waals surface area contributed by atoms with E-state index in [0.29, 0.717) is 6.42 Å². The number of Topliss-reactive ketones (excluding diaryl/α,β-unsaturated/α-hetero) is 1. The molecule has 3 aromatic carbocycles. The number of nitrogens with zero attached hydrogens (tertiary/aromatic N) is 1. The molecule has 1 unspecified atom stereocenters. The van der Waals surface area contributed by atoms with Crippen molar-refractivity contribution < 1.29 is 4.79 Å². The molecule has 1 aliphatic heterocycles. The Kier molecular flexibility index (Phi) is 5.38. The van der Waals surface area contributed by atoms with E-state index in [1.54, 1.807) is 0 Å². The topological polar surface area (TPSA) is 20.3 Å². The average Bonchev–Trinajstić information content (AvgIpc) is 2.72. The van der Waals surface area contributed by atoms with Crippen molar-refractivity contribution in [3.63, 3.8) is 0 Å². The Morgan fingerprint density at radius 2 is 1.63 bits per heavy atom. The fourth-order valence-electron chi connectivity index (χ4n) is 3.89. The van der Waals surface area contributed by atoms with Gasteiger partial charge in [-0.05, 0) is 29.2 Å². The number of hydrogen-bond acceptors (Lipinski definition) is 2. The molecule has 0 radical (unpaired) electrons. The molecule has 1 aliphatic rings. The summed E-state index contributed by atoms with van der Waals surface area (Å²) < 4.78 is 0. The Bertz CT molecular complexity index is 938. The normalized spacial score (nSPS) is 16.7. The maximum Gasteiger partial charge on any atom is 0.164 e. The molecule has 136 valence electrons. The number of carbonyl (C=O) groups is 1. The van der Waals surface area contributed by atoms with Crippen LogP contribution in [0, 0.1) is 0 Å². The zero-order chi connectivity index (χ0) is 18.6. The Balaban J connectivity index is 1.64. The lowest BCUT2D eigenvalue weighted by Crippen LogP contribution is -2.36. The highest BCUT2D eigenvalue weighted by Crippen LogP contribution is 2.35. The van der Waals surface area contributed by atoms with Gasteiger partial charge in [-0.15, -0.1) is 0 Å². The second kappa shape index (κ2) is 8.08. The zero-order valence-corrected chi connectivity index (χ0v) is 15.9. The second-order valence-corrected chi connectivity index (χ2v) is 7.43. The zero-order valence-electron chi connectivity index (χ0n) is 15.1. The van der Waals surface area contributed by atoms with Crippen LogP contribution in [0.15, 0.2) is 78.9 Å². The van der Waals surface area contributed by atoms with Gasteiger partial charge in [-0.3, -0.25) is 9.69 Å². The number of halogens is 1. The summed E-state index contributed by atoms with van der Waals surface area (Å²) in [6, 6.07) is 26.1. The van der Waals surface area contributed by atoms with Crippen LogP contribution in [-0.2, 0) is 13.0 Å². The molecule has 0 fully saturated rings. The Morgan fingerprint density at radius 3 is 2.44 bits per heavy atom. The minimum Gasteiger partial charge on any atom is -0.294 e. The molecule has 0 spiro atoms. The molecule has 3 aromatic rings. The summed E-state index contributed by atoms with van der Waals surface area (Å²) >= 11 is 6.40. The van der Waals surface area contributed by atoms with E-state index < -0.39 is 0 Å². The van der Waals surface area contributed by atoms with Gasteiger partial charge < -0.3 is 0 Å². The lowest BCUT2D eigenvalue weighted by atomic mass is 9.88. The van der Waals surface area contributed by atoms with Gasteiger partial charge in [0.2, 0.25) is 0 Å². The van der Waals surface area contributed by atoms with Crippen LogP contribution in [0.4, 0.5) is 0 Å². The van der Waals surface area contributed by atoms with E-state index >= 15 is 0 Å². The summed E-state index contributed by atoms with van der Waals surface area (Å²) in [5.74, 6) is 0.182. The minimum absolute atomic E-state index is 0.0685. The fourth-order valence-corrected chi connectivity index (χ4v) is 4.09. The SMILES string of the molecule is O=C(CC1c2ccccc2CCN1Cc1ccccc1Cl)c1ccccc1. The minimum atomic E-state index is 0.0685.